The van der Waals surface area contributed by atoms with Crippen LogP contribution in [0.1, 0.15) is 56.1 Å². The van der Waals surface area contributed by atoms with Crippen LogP contribution in [0.5, 0.6) is 0 Å². The predicted octanol–water partition coefficient (Wildman–Crippen LogP) is 4.06. The first-order valence-corrected chi connectivity index (χ1v) is 8.00. The molecule has 2 N–H and O–H groups in total. The molecule has 0 aliphatic rings. The van der Waals surface area contributed by atoms with E-state index in [9.17, 15) is 4.79 Å². The SMILES string of the molecule is CCC(C)Nc1cc(C(=O)Nc2ccccc2C(C)C)ncn1. The highest BCUT2D eigenvalue weighted by atomic mass is 16.1. The molecule has 122 valence electrons. The summed E-state index contributed by atoms with van der Waals surface area (Å²) in [6.45, 7) is 8.36. The third-order valence-electron chi connectivity index (χ3n) is 3.74. The van der Waals surface area contributed by atoms with E-state index in [2.05, 4.69) is 48.3 Å². The topological polar surface area (TPSA) is 66.9 Å². The quantitative estimate of drug-likeness (QED) is 0.844. The number of hydrogen-bond donors (Lipinski definition) is 2. The molecular weight excluding hydrogens is 288 g/mol. The van der Waals surface area contributed by atoms with Gasteiger partial charge in [-0.05, 0) is 30.9 Å². The van der Waals surface area contributed by atoms with Crippen molar-refractivity contribution in [1.82, 2.24) is 9.97 Å². The third-order valence-corrected chi connectivity index (χ3v) is 3.74. The van der Waals surface area contributed by atoms with Gasteiger partial charge in [-0.1, -0.05) is 39.0 Å². The van der Waals surface area contributed by atoms with Crippen LogP contribution in [0.4, 0.5) is 11.5 Å². The minimum absolute atomic E-state index is 0.229. The van der Waals surface area contributed by atoms with E-state index in [1.807, 2.05) is 24.3 Å². The van der Waals surface area contributed by atoms with Crippen molar-refractivity contribution in [2.45, 2.75) is 46.1 Å². The summed E-state index contributed by atoms with van der Waals surface area (Å²) in [5.41, 5.74) is 2.28. The van der Waals surface area contributed by atoms with Crippen LogP contribution in [0.3, 0.4) is 0 Å². The molecule has 5 heteroatoms. The molecule has 0 saturated carbocycles. The van der Waals surface area contributed by atoms with Crippen LogP contribution in [0, 0.1) is 0 Å². The maximum atomic E-state index is 12.5. The first-order chi connectivity index (χ1) is 11.0. The van der Waals surface area contributed by atoms with E-state index in [0.29, 0.717) is 23.5 Å². The van der Waals surface area contributed by atoms with E-state index in [-0.39, 0.29) is 5.91 Å². The number of para-hydroxylation sites is 1. The summed E-state index contributed by atoms with van der Waals surface area (Å²) in [5.74, 6) is 0.767. The second-order valence-corrected chi connectivity index (χ2v) is 5.94. The number of carbonyl (C=O) groups excluding carboxylic acids is 1. The number of nitrogens with one attached hydrogen (secondary N) is 2. The zero-order valence-electron chi connectivity index (χ0n) is 14.1. The molecule has 1 atom stereocenters. The fourth-order valence-corrected chi connectivity index (χ4v) is 2.22. The lowest BCUT2D eigenvalue weighted by atomic mass is 10.0. The van der Waals surface area contributed by atoms with Gasteiger partial charge in [-0.3, -0.25) is 4.79 Å². The van der Waals surface area contributed by atoms with Crippen molar-refractivity contribution in [1.29, 1.82) is 0 Å². The fraction of sp³-hybridized carbons (Fsp3) is 0.389. The lowest BCUT2D eigenvalue weighted by Gasteiger charge is -2.14. The average molecular weight is 312 g/mol. The highest BCUT2D eigenvalue weighted by Crippen LogP contribution is 2.24. The lowest BCUT2D eigenvalue weighted by Crippen LogP contribution is -2.18. The van der Waals surface area contributed by atoms with Gasteiger partial charge < -0.3 is 10.6 Å². The Bertz CT molecular complexity index is 670. The smallest absolute Gasteiger partial charge is 0.274 e. The van der Waals surface area contributed by atoms with E-state index < -0.39 is 0 Å². The van der Waals surface area contributed by atoms with Gasteiger partial charge in [0.1, 0.15) is 17.8 Å². The van der Waals surface area contributed by atoms with Gasteiger partial charge in [0.05, 0.1) is 0 Å². The molecule has 0 aliphatic carbocycles. The molecule has 0 radical (unpaired) electrons. The Morgan fingerprint density at radius 3 is 2.61 bits per heavy atom. The summed E-state index contributed by atoms with van der Waals surface area (Å²) in [5, 5.41) is 6.19. The molecule has 5 nitrogen and oxygen atoms in total. The predicted molar refractivity (Wildman–Crippen MR) is 93.9 cm³/mol. The molecule has 1 aromatic carbocycles. The van der Waals surface area contributed by atoms with Gasteiger partial charge in [-0.15, -0.1) is 0 Å². The van der Waals surface area contributed by atoms with Crippen LogP contribution < -0.4 is 10.6 Å². The maximum Gasteiger partial charge on any atom is 0.274 e. The van der Waals surface area contributed by atoms with E-state index >= 15 is 0 Å². The summed E-state index contributed by atoms with van der Waals surface area (Å²) in [6.07, 6.45) is 2.39. The minimum Gasteiger partial charge on any atom is -0.368 e. The van der Waals surface area contributed by atoms with Crippen LogP contribution >= 0.6 is 0 Å². The monoisotopic (exact) mass is 312 g/mol. The van der Waals surface area contributed by atoms with Crippen molar-refractivity contribution in [3.8, 4) is 0 Å². The molecule has 0 fully saturated rings. The van der Waals surface area contributed by atoms with Gasteiger partial charge in [0, 0.05) is 17.8 Å². The molecule has 1 amide bonds. The Balaban J connectivity index is 2.17. The summed E-state index contributed by atoms with van der Waals surface area (Å²) in [6, 6.07) is 9.80. The summed E-state index contributed by atoms with van der Waals surface area (Å²) < 4.78 is 0. The molecule has 1 heterocycles. The molecular formula is C18H24N4O. The van der Waals surface area contributed by atoms with Crippen molar-refractivity contribution in [2.24, 2.45) is 0 Å². The van der Waals surface area contributed by atoms with Gasteiger partial charge >= 0.3 is 0 Å². The van der Waals surface area contributed by atoms with Gasteiger partial charge in [-0.25, -0.2) is 9.97 Å². The Labute approximate surface area is 137 Å². The normalized spacial score (nSPS) is 12.0. The number of rotatable bonds is 6. The molecule has 2 aromatic rings. The largest absolute Gasteiger partial charge is 0.368 e. The second kappa shape index (κ2) is 7.72. The van der Waals surface area contributed by atoms with Crippen LogP contribution in [0.2, 0.25) is 0 Å². The first-order valence-electron chi connectivity index (χ1n) is 8.00. The Hall–Kier alpha value is -2.43. The fourth-order valence-electron chi connectivity index (χ4n) is 2.22. The second-order valence-electron chi connectivity index (χ2n) is 5.94. The van der Waals surface area contributed by atoms with Crippen molar-refractivity contribution in [3.05, 3.63) is 47.9 Å². The molecule has 23 heavy (non-hydrogen) atoms. The Kier molecular flexibility index (Phi) is 5.68. The lowest BCUT2D eigenvalue weighted by molar-refractivity contribution is 0.102. The van der Waals surface area contributed by atoms with E-state index in [1.54, 1.807) is 6.07 Å². The van der Waals surface area contributed by atoms with Gasteiger partial charge in [0.2, 0.25) is 0 Å². The van der Waals surface area contributed by atoms with Gasteiger partial charge in [0.15, 0.2) is 0 Å². The number of benzene rings is 1. The molecule has 1 aromatic heterocycles. The standard InChI is InChI=1S/C18H24N4O/c1-5-13(4)21-17-10-16(19-11-20-17)18(23)22-15-9-7-6-8-14(15)12(2)3/h6-13H,5H2,1-4H3,(H,22,23)(H,19,20,21). The minimum atomic E-state index is -0.229. The van der Waals surface area contributed by atoms with Gasteiger partial charge in [-0.2, -0.15) is 0 Å². The summed E-state index contributed by atoms with van der Waals surface area (Å²) in [7, 11) is 0. The average Bonchev–Trinajstić information content (AvgIpc) is 2.55. The van der Waals surface area contributed by atoms with Crippen LogP contribution in [0.15, 0.2) is 36.7 Å². The van der Waals surface area contributed by atoms with Crippen molar-refractivity contribution in [2.75, 3.05) is 10.6 Å². The van der Waals surface area contributed by atoms with E-state index in [0.717, 1.165) is 17.7 Å². The summed E-state index contributed by atoms with van der Waals surface area (Å²) >= 11 is 0. The number of carbonyl (C=O) groups is 1. The highest BCUT2D eigenvalue weighted by molar-refractivity contribution is 6.03. The number of anilines is 2. The molecule has 0 spiro atoms. The molecule has 1 unspecified atom stereocenters. The first kappa shape index (κ1) is 16.9. The van der Waals surface area contributed by atoms with Crippen molar-refractivity contribution in [3.63, 3.8) is 0 Å². The van der Waals surface area contributed by atoms with Crippen molar-refractivity contribution < 1.29 is 4.79 Å². The van der Waals surface area contributed by atoms with Crippen LogP contribution in [-0.4, -0.2) is 21.9 Å². The maximum absolute atomic E-state index is 12.5. The molecule has 0 bridgehead atoms. The number of hydrogen-bond acceptors (Lipinski definition) is 4. The highest BCUT2D eigenvalue weighted by Gasteiger charge is 2.13. The third kappa shape index (κ3) is 4.52. The Morgan fingerprint density at radius 1 is 1.17 bits per heavy atom. The Morgan fingerprint density at radius 2 is 1.91 bits per heavy atom. The zero-order chi connectivity index (χ0) is 16.8. The van der Waals surface area contributed by atoms with Gasteiger partial charge in [0.25, 0.3) is 5.91 Å². The molecule has 2 rings (SSSR count). The van der Waals surface area contributed by atoms with E-state index in [4.69, 9.17) is 0 Å². The van der Waals surface area contributed by atoms with E-state index in [1.165, 1.54) is 6.33 Å². The van der Waals surface area contributed by atoms with Crippen LogP contribution in [0.25, 0.3) is 0 Å². The van der Waals surface area contributed by atoms with Crippen molar-refractivity contribution >= 4 is 17.4 Å². The number of aromatic nitrogens is 2. The molecule has 0 aliphatic heterocycles. The number of amides is 1. The van der Waals surface area contributed by atoms with Crippen LogP contribution in [-0.2, 0) is 0 Å². The number of nitrogens with zero attached hydrogens (tertiary/aromatic N) is 2. The molecule has 0 saturated heterocycles. The summed E-state index contributed by atoms with van der Waals surface area (Å²) in [4.78, 5) is 20.7. The zero-order valence-corrected chi connectivity index (χ0v) is 14.1.